The summed E-state index contributed by atoms with van der Waals surface area (Å²) >= 11 is 0. The summed E-state index contributed by atoms with van der Waals surface area (Å²) < 4.78 is 6.71. The second-order valence-corrected chi connectivity index (χ2v) is 7.90. The number of benzene rings is 1. The number of furan rings is 1. The van der Waals surface area contributed by atoms with Crippen molar-refractivity contribution in [2.75, 3.05) is 18.4 Å². The lowest BCUT2D eigenvalue weighted by atomic mass is 10.0. The van der Waals surface area contributed by atoms with Crippen molar-refractivity contribution in [1.29, 1.82) is 0 Å². The van der Waals surface area contributed by atoms with Gasteiger partial charge in [0, 0.05) is 43.6 Å². The van der Waals surface area contributed by atoms with E-state index in [9.17, 15) is 14.4 Å². The lowest BCUT2D eigenvalue weighted by molar-refractivity contribution is 0.0697. The predicted molar refractivity (Wildman–Crippen MR) is 117 cm³/mol. The van der Waals surface area contributed by atoms with Crippen LogP contribution in [0.15, 0.2) is 53.4 Å². The van der Waals surface area contributed by atoms with Gasteiger partial charge in [-0.15, -0.1) is 0 Å². The van der Waals surface area contributed by atoms with Gasteiger partial charge in [-0.1, -0.05) is 6.07 Å². The molecule has 2 N–H and O–H groups in total. The highest BCUT2D eigenvalue weighted by molar-refractivity contribution is 6.04. The largest absolute Gasteiger partial charge is 0.459 e. The van der Waals surface area contributed by atoms with Crippen LogP contribution in [0.4, 0.5) is 5.69 Å². The van der Waals surface area contributed by atoms with Crippen molar-refractivity contribution >= 4 is 23.4 Å². The Balaban J connectivity index is 1.35. The molecule has 2 aromatic heterocycles. The summed E-state index contributed by atoms with van der Waals surface area (Å²) in [6, 6.07) is 8.49. The van der Waals surface area contributed by atoms with E-state index in [-0.39, 0.29) is 29.5 Å². The Morgan fingerprint density at radius 1 is 1.09 bits per heavy atom. The first-order chi connectivity index (χ1) is 15.4. The zero-order valence-electron chi connectivity index (χ0n) is 18.0. The first kappa shape index (κ1) is 21.4. The molecule has 1 aliphatic rings. The van der Waals surface area contributed by atoms with Crippen molar-refractivity contribution in [3.63, 3.8) is 0 Å². The van der Waals surface area contributed by atoms with Gasteiger partial charge in [-0.2, -0.15) is 5.10 Å². The minimum Gasteiger partial charge on any atom is -0.459 e. The molecule has 0 bridgehead atoms. The fourth-order valence-corrected chi connectivity index (χ4v) is 3.70. The van der Waals surface area contributed by atoms with E-state index in [0.29, 0.717) is 42.7 Å². The normalized spacial score (nSPS) is 14.2. The molecule has 0 aliphatic carbocycles. The van der Waals surface area contributed by atoms with Crippen LogP contribution in [-0.4, -0.2) is 51.5 Å². The van der Waals surface area contributed by atoms with Crippen molar-refractivity contribution in [2.24, 2.45) is 7.05 Å². The number of hydrogen-bond acceptors (Lipinski definition) is 5. The molecule has 0 spiro atoms. The molecule has 1 fully saturated rings. The second-order valence-electron chi connectivity index (χ2n) is 7.90. The predicted octanol–water partition coefficient (Wildman–Crippen LogP) is 2.61. The van der Waals surface area contributed by atoms with Crippen molar-refractivity contribution in [1.82, 2.24) is 20.0 Å². The van der Waals surface area contributed by atoms with E-state index in [2.05, 4.69) is 15.7 Å². The van der Waals surface area contributed by atoms with Crippen LogP contribution < -0.4 is 10.6 Å². The Kier molecular flexibility index (Phi) is 6.07. The van der Waals surface area contributed by atoms with Crippen molar-refractivity contribution in [3.05, 3.63) is 71.4 Å². The molecular formula is C23H25N5O4. The smallest absolute Gasteiger partial charge is 0.291 e. The number of rotatable bonds is 5. The van der Waals surface area contributed by atoms with Gasteiger partial charge in [-0.05, 0) is 49.6 Å². The van der Waals surface area contributed by atoms with Crippen LogP contribution in [0.2, 0.25) is 0 Å². The maximum absolute atomic E-state index is 13.0. The van der Waals surface area contributed by atoms with Crippen LogP contribution in [0.5, 0.6) is 0 Å². The number of carbonyl (C=O) groups excluding carboxylic acids is 3. The third-order valence-electron chi connectivity index (χ3n) is 5.56. The third-order valence-corrected chi connectivity index (χ3v) is 5.56. The van der Waals surface area contributed by atoms with E-state index in [0.717, 1.165) is 5.56 Å². The Morgan fingerprint density at radius 2 is 1.88 bits per heavy atom. The van der Waals surface area contributed by atoms with Crippen LogP contribution in [0, 0.1) is 6.92 Å². The van der Waals surface area contributed by atoms with E-state index in [1.165, 1.54) is 12.5 Å². The zero-order chi connectivity index (χ0) is 22.7. The topological polar surface area (TPSA) is 109 Å². The maximum Gasteiger partial charge on any atom is 0.291 e. The van der Waals surface area contributed by atoms with Crippen molar-refractivity contribution in [3.8, 4) is 0 Å². The lowest BCUT2D eigenvalue weighted by Crippen LogP contribution is -2.46. The average molecular weight is 435 g/mol. The Hall–Kier alpha value is -3.88. The second kappa shape index (κ2) is 9.09. The number of anilines is 1. The summed E-state index contributed by atoms with van der Waals surface area (Å²) in [4.78, 5) is 39.4. The molecule has 3 heterocycles. The van der Waals surface area contributed by atoms with E-state index in [1.807, 2.05) is 13.0 Å². The third kappa shape index (κ3) is 4.72. The van der Waals surface area contributed by atoms with Crippen molar-refractivity contribution < 1.29 is 18.8 Å². The quantitative estimate of drug-likeness (QED) is 0.640. The van der Waals surface area contributed by atoms with Crippen molar-refractivity contribution in [2.45, 2.75) is 25.8 Å². The monoisotopic (exact) mass is 435 g/mol. The number of nitrogens with zero attached hydrogens (tertiary/aromatic N) is 3. The Labute approximate surface area is 185 Å². The summed E-state index contributed by atoms with van der Waals surface area (Å²) in [5.74, 6) is -0.418. The molecule has 166 valence electrons. The van der Waals surface area contributed by atoms with E-state index in [4.69, 9.17) is 4.42 Å². The number of amides is 3. The number of hydrogen-bond donors (Lipinski definition) is 2. The molecule has 1 saturated heterocycles. The fourth-order valence-electron chi connectivity index (χ4n) is 3.70. The summed E-state index contributed by atoms with van der Waals surface area (Å²) in [5.41, 5.74) is 2.44. The van der Waals surface area contributed by atoms with Crippen LogP contribution >= 0.6 is 0 Å². The number of nitrogens with one attached hydrogen (secondary N) is 2. The molecule has 0 radical (unpaired) electrons. The van der Waals surface area contributed by atoms with E-state index < -0.39 is 0 Å². The van der Waals surface area contributed by atoms with Gasteiger partial charge >= 0.3 is 0 Å². The molecule has 0 saturated carbocycles. The molecule has 1 aliphatic heterocycles. The first-order valence-corrected chi connectivity index (χ1v) is 10.4. The lowest BCUT2D eigenvalue weighted by Gasteiger charge is -2.32. The Bertz CT molecular complexity index is 1130. The van der Waals surface area contributed by atoms with Crippen LogP contribution in [0.3, 0.4) is 0 Å². The van der Waals surface area contributed by atoms with Gasteiger partial charge in [-0.3, -0.25) is 19.1 Å². The SMILES string of the molecule is Cc1ccc(C(=O)N2CCC(NC(=O)c3cnn(C)c3)CC2)cc1NC(=O)c1ccco1. The number of aryl methyl sites for hydroxylation is 2. The standard InChI is InChI=1S/C23H25N5O4/c1-15-5-6-16(12-19(15)26-22(30)20-4-3-11-32-20)23(31)28-9-7-18(8-10-28)25-21(29)17-13-24-27(2)14-17/h3-6,11-14,18H,7-10H2,1-2H3,(H,25,29)(H,26,30). The number of aromatic nitrogens is 2. The fraction of sp³-hybridized carbons (Fsp3) is 0.304. The van der Waals surface area contributed by atoms with Crippen LogP contribution in [-0.2, 0) is 7.05 Å². The molecule has 0 atom stereocenters. The highest BCUT2D eigenvalue weighted by atomic mass is 16.3. The molecule has 4 rings (SSSR count). The molecule has 1 aromatic carbocycles. The van der Waals surface area contributed by atoms with Gasteiger partial charge < -0.3 is 20.0 Å². The molecule has 3 amide bonds. The molecule has 32 heavy (non-hydrogen) atoms. The summed E-state index contributed by atoms with van der Waals surface area (Å²) in [5, 5.41) is 9.83. The van der Waals surface area contributed by atoms with E-state index >= 15 is 0 Å². The van der Waals surface area contributed by atoms with Crippen LogP contribution in [0.25, 0.3) is 0 Å². The molecule has 0 unspecified atom stereocenters. The highest BCUT2D eigenvalue weighted by Gasteiger charge is 2.25. The van der Waals surface area contributed by atoms with E-state index in [1.54, 1.807) is 47.1 Å². The van der Waals surface area contributed by atoms with Gasteiger partial charge in [0.1, 0.15) is 0 Å². The van der Waals surface area contributed by atoms with Gasteiger partial charge in [-0.25, -0.2) is 0 Å². The minimum absolute atomic E-state index is 0.00733. The Morgan fingerprint density at radius 3 is 2.53 bits per heavy atom. The van der Waals surface area contributed by atoms with Gasteiger partial charge in [0.05, 0.1) is 18.0 Å². The van der Waals surface area contributed by atoms with Crippen LogP contribution in [0.1, 0.15) is 49.7 Å². The maximum atomic E-state index is 13.0. The van der Waals surface area contributed by atoms with Gasteiger partial charge in [0.2, 0.25) is 0 Å². The zero-order valence-corrected chi connectivity index (χ0v) is 18.0. The molecule has 9 nitrogen and oxygen atoms in total. The van der Waals surface area contributed by atoms with Gasteiger partial charge in [0.25, 0.3) is 17.7 Å². The van der Waals surface area contributed by atoms with Gasteiger partial charge in [0.15, 0.2) is 5.76 Å². The molecule has 3 aromatic rings. The minimum atomic E-state index is -0.368. The molecular weight excluding hydrogens is 410 g/mol. The first-order valence-electron chi connectivity index (χ1n) is 10.4. The number of carbonyl (C=O) groups is 3. The number of piperidine rings is 1. The average Bonchev–Trinajstić information content (AvgIpc) is 3.47. The summed E-state index contributed by atoms with van der Waals surface area (Å²) in [6.07, 6.45) is 5.99. The summed E-state index contributed by atoms with van der Waals surface area (Å²) in [6.45, 7) is 2.94. The molecule has 9 heteroatoms. The highest BCUT2D eigenvalue weighted by Crippen LogP contribution is 2.21. The number of likely N-dealkylation sites (tertiary alicyclic amines) is 1. The summed E-state index contributed by atoms with van der Waals surface area (Å²) in [7, 11) is 1.76.